The average Bonchev–Trinajstić information content (AvgIpc) is 3.19. The summed E-state index contributed by atoms with van der Waals surface area (Å²) in [4.78, 5) is 10.6. The summed E-state index contributed by atoms with van der Waals surface area (Å²) in [6, 6.07) is 10.9. The molecule has 1 aliphatic heterocycles. The molecule has 0 unspecified atom stereocenters. The molecule has 0 spiro atoms. The molecule has 2 aromatic rings. The zero-order chi connectivity index (χ0) is 16.4. The minimum Gasteiger partial charge on any atom is -0.384 e. The van der Waals surface area contributed by atoms with Crippen molar-refractivity contribution in [1.82, 2.24) is 9.88 Å². The van der Waals surface area contributed by atoms with Crippen LogP contribution in [0.3, 0.4) is 0 Å². The number of anilines is 1. The van der Waals surface area contributed by atoms with Gasteiger partial charge in [-0.1, -0.05) is 12.1 Å². The number of aliphatic hydroxyl groups is 1. The fraction of sp³-hybridized carbons (Fsp3) is 0.526. The Morgan fingerprint density at radius 2 is 1.83 bits per heavy atom. The smallest absolute Gasteiger partial charge is 0.128 e. The average molecular weight is 343 g/mol. The van der Waals surface area contributed by atoms with Gasteiger partial charge in [0.25, 0.3) is 0 Å². The van der Waals surface area contributed by atoms with E-state index in [2.05, 4.69) is 38.4 Å². The Morgan fingerprint density at radius 1 is 1.04 bits per heavy atom. The van der Waals surface area contributed by atoms with Crippen LogP contribution in [0.15, 0.2) is 41.9 Å². The van der Waals surface area contributed by atoms with Gasteiger partial charge in [-0.3, -0.25) is 4.90 Å². The highest BCUT2D eigenvalue weighted by atomic mass is 32.1. The van der Waals surface area contributed by atoms with Crippen LogP contribution in [0.5, 0.6) is 0 Å². The van der Waals surface area contributed by atoms with Crippen LogP contribution in [0.25, 0.3) is 0 Å². The van der Waals surface area contributed by atoms with Crippen LogP contribution < -0.4 is 4.90 Å². The SMILES string of the molecule is O[C@]1(c2cccs2)CC[C@@H](N2CCN(c3ccccn3)CC2)CC1. The lowest BCUT2D eigenvalue weighted by molar-refractivity contribution is -0.0229. The highest BCUT2D eigenvalue weighted by Gasteiger charge is 2.37. The van der Waals surface area contributed by atoms with Crippen LogP contribution in [-0.2, 0) is 5.60 Å². The summed E-state index contributed by atoms with van der Waals surface area (Å²) in [5.74, 6) is 1.09. The number of hydrogen-bond acceptors (Lipinski definition) is 5. The Hall–Kier alpha value is -1.43. The van der Waals surface area contributed by atoms with Gasteiger partial charge in [0, 0.05) is 43.3 Å². The van der Waals surface area contributed by atoms with Gasteiger partial charge in [-0.25, -0.2) is 4.98 Å². The first kappa shape index (κ1) is 16.1. The zero-order valence-corrected chi connectivity index (χ0v) is 14.8. The first-order chi connectivity index (χ1) is 11.7. The van der Waals surface area contributed by atoms with E-state index in [-0.39, 0.29) is 0 Å². The molecule has 1 saturated heterocycles. The molecule has 1 N–H and O–H groups in total. The van der Waals surface area contributed by atoms with Crippen LogP contribution in [0.1, 0.15) is 30.6 Å². The van der Waals surface area contributed by atoms with E-state index >= 15 is 0 Å². The van der Waals surface area contributed by atoms with Crippen molar-refractivity contribution in [3.05, 3.63) is 46.8 Å². The van der Waals surface area contributed by atoms with Crippen molar-refractivity contribution in [3.63, 3.8) is 0 Å². The Morgan fingerprint density at radius 3 is 2.46 bits per heavy atom. The van der Waals surface area contributed by atoms with Crippen molar-refractivity contribution in [3.8, 4) is 0 Å². The number of hydrogen-bond donors (Lipinski definition) is 1. The molecular weight excluding hydrogens is 318 g/mol. The summed E-state index contributed by atoms with van der Waals surface area (Å²) >= 11 is 1.69. The monoisotopic (exact) mass is 343 g/mol. The van der Waals surface area contributed by atoms with Crippen molar-refractivity contribution in [2.75, 3.05) is 31.1 Å². The fourth-order valence-corrected chi connectivity index (χ4v) is 4.98. The second-order valence-electron chi connectivity index (χ2n) is 6.95. The molecule has 128 valence electrons. The first-order valence-corrected chi connectivity index (χ1v) is 9.79. The molecule has 2 aliphatic rings. The topological polar surface area (TPSA) is 39.6 Å². The van der Waals surface area contributed by atoms with Crippen LogP contribution in [-0.4, -0.2) is 47.2 Å². The number of rotatable bonds is 3. The molecule has 2 fully saturated rings. The Bertz CT molecular complexity index is 630. The fourth-order valence-electron chi connectivity index (χ4n) is 4.09. The predicted molar refractivity (Wildman–Crippen MR) is 98.5 cm³/mol. The van der Waals surface area contributed by atoms with Crippen molar-refractivity contribution < 1.29 is 5.11 Å². The maximum atomic E-state index is 10.9. The van der Waals surface area contributed by atoms with Gasteiger partial charge >= 0.3 is 0 Å². The molecule has 0 radical (unpaired) electrons. The largest absolute Gasteiger partial charge is 0.384 e. The van der Waals surface area contributed by atoms with Gasteiger partial charge in [-0.15, -0.1) is 11.3 Å². The van der Waals surface area contributed by atoms with E-state index in [1.165, 1.54) is 0 Å². The molecule has 0 bridgehead atoms. The van der Waals surface area contributed by atoms with Crippen molar-refractivity contribution in [1.29, 1.82) is 0 Å². The first-order valence-electron chi connectivity index (χ1n) is 8.91. The summed E-state index contributed by atoms with van der Waals surface area (Å²) in [5, 5.41) is 13.0. The van der Waals surface area contributed by atoms with Gasteiger partial charge in [0.2, 0.25) is 0 Å². The van der Waals surface area contributed by atoms with E-state index in [0.29, 0.717) is 6.04 Å². The normalized spacial score (nSPS) is 28.9. The van der Waals surface area contributed by atoms with E-state index in [0.717, 1.165) is 62.6 Å². The molecule has 5 heteroatoms. The van der Waals surface area contributed by atoms with Crippen molar-refractivity contribution in [2.24, 2.45) is 0 Å². The standard InChI is InChI=1S/C19H25N3OS/c23-19(17-4-3-15-24-17)8-6-16(7-9-19)21-11-13-22(14-12-21)18-5-1-2-10-20-18/h1-5,10,15-16,23H,6-9,11-14H2/t16-,19-. The summed E-state index contributed by atoms with van der Waals surface area (Å²) in [5.41, 5.74) is -0.583. The number of nitrogens with zero attached hydrogens (tertiary/aromatic N) is 3. The molecule has 0 aromatic carbocycles. The number of piperazine rings is 1. The lowest BCUT2D eigenvalue weighted by Crippen LogP contribution is -2.52. The molecule has 24 heavy (non-hydrogen) atoms. The molecule has 3 heterocycles. The van der Waals surface area contributed by atoms with Crippen LogP contribution in [0.4, 0.5) is 5.82 Å². The molecule has 4 nitrogen and oxygen atoms in total. The molecule has 0 atom stereocenters. The number of pyridine rings is 1. The van der Waals surface area contributed by atoms with E-state index in [9.17, 15) is 5.11 Å². The molecule has 2 aromatic heterocycles. The molecule has 0 amide bonds. The van der Waals surface area contributed by atoms with Gasteiger partial charge in [-0.05, 0) is 49.3 Å². The zero-order valence-electron chi connectivity index (χ0n) is 14.0. The minimum absolute atomic E-state index is 0.583. The second-order valence-corrected chi connectivity index (χ2v) is 7.90. The number of thiophene rings is 1. The third-order valence-corrected chi connectivity index (χ3v) is 6.63. The van der Waals surface area contributed by atoms with E-state index < -0.39 is 5.60 Å². The maximum absolute atomic E-state index is 10.9. The lowest BCUT2D eigenvalue weighted by Gasteiger charge is -2.44. The Labute approximate surface area is 147 Å². The van der Waals surface area contributed by atoms with Crippen LogP contribution in [0.2, 0.25) is 0 Å². The molecule has 1 saturated carbocycles. The summed E-state index contributed by atoms with van der Waals surface area (Å²) in [6.45, 7) is 4.28. The second kappa shape index (κ2) is 6.82. The Balaban J connectivity index is 1.31. The van der Waals surface area contributed by atoms with Gasteiger partial charge in [-0.2, -0.15) is 0 Å². The maximum Gasteiger partial charge on any atom is 0.128 e. The minimum atomic E-state index is -0.583. The highest BCUT2D eigenvalue weighted by Crippen LogP contribution is 2.40. The van der Waals surface area contributed by atoms with Crippen LogP contribution >= 0.6 is 11.3 Å². The summed E-state index contributed by atoms with van der Waals surface area (Å²) in [7, 11) is 0. The quantitative estimate of drug-likeness (QED) is 0.930. The number of aromatic nitrogens is 1. The predicted octanol–water partition coefficient (Wildman–Crippen LogP) is 3.10. The summed E-state index contributed by atoms with van der Waals surface area (Å²) < 4.78 is 0. The van der Waals surface area contributed by atoms with Gasteiger partial charge in [0.05, 0.1) is 5.60 Å². The van der Waals surface area contributed by atoms with Crippen molar-refractivity contribution >= 4 is 17.2 Å². The summed E-state index contributed by atoms with van der Waals surface area (Å²) in [6.07, 6.45) is 5.83. The molecule has 1 aliphatic carbocycles. The van der Waals surface area contributed by atoms with Gasteiger partial charge in [0.1, 0.15) is 5.82 Å². The van der Waals surface area contributed by atoms with E-state index in [4.69, 9.17) is 0 Å². The van der Waals surface area contributed by atoms with Gasteiger partial charge in [0.15, 0.2) is 0 Å². The van der Waals surface area contributed by atoms with Crippen molar-refractivity contribution in [2.45, 2.75) is 37.3 Å². The van der Waals surface area contributed by atoms with Gasteiger partial charge < -0.3 is 10.0 Å². The van der Waals surface area contributed by atoms with Crippen LogP contribution in [0, 0.1) is 0 Å². The molecular formula is C19H25N3OS. The third-order valence-electron chi connectivity index (χ3n) is 5.57. The lowest BCUT2D eigenvalue weighted by atomic mass is 9.80. The third kappa shape index (κ3) is 3.21. The Kier molecular flexibility index (Phi) is 4.57. The van der Waals surface area contributed by atoms with E-state index in [1.54, 1.807) is 11.3 Å². The molecule has 4 rings (SSSR count). The van der Waals surface area contributed by atoms with E-state index in [1.807, 2.05) is 18.3 Å². The highest BCUT2D eigenvalue weighted by molar-refractivity contribution is 7.10.